The molecule has 3 N–H and O–H groups in total. The number of rotatable bonds is 2. The minimum atomic E-state index is -0.00347. The van der Waals surface area contributed by atoms with Gasteiger partial charge < -0.3 is 9.94 Å². The summed E-state index contributed by atoms with van der Waals surface area (Å²) in [5.41, 5.74) is 0. The summed E-state index contributed by atoms with van der Waals surface area (Å²) < 4.78 is 0. The van der Waals surface area contributed by atoms with Crippen molar-refractivity contribution in [2.45, 2.75) is 0 Å². The first-order valence-corrected chi connectivity index (χ1v) is 1.34. The van der Waals surface area contributed by atoms with Crippen molar-refractivity contribution in [1.82, 2.24) is 0 Å². The molecule has 0 heterocycles. The van der Waals surface area contributed by atoms with Gasteiger partial charge in [0, 0.05) is 0 Å². The molecule has 0 aliphatic rings. The van der Waals surface area contributed by atoms with Gasteiger partial charge >= 0.3 is 0 Å². The average Bonchev–Trinajstić information content (AvgIpc) is 1.41. The average molecular weight is 158 g/mol. The Balaban J connectivity index is 0. The van der Waals surface area contributed by atoms with E-state index in [2.05, 4.69) is 10.7 Å². The lowest BCUT2D eigenvalue weighted by molar-refractivity contribution is 0.0938. The van der Waals surface area contributed by atoms with E-state index in [4.69, 9.17) is 5.11 Å². The van der Waals surface area contributed by atoms with Crippen LogP contribution in [0.2, 0.25) is 0 Å². The predicted octanol–water partition coefficient (Wildman–Crippen LogP) is -0.553. The second kappa shape index (κ2) is 9.03. The van der Waals surface area contributed by atoms with Gasteiger partial charge in [0.05, 0.1) is 13.2 Å². The topological polar surface area (TPSA) is 55.5 Å². The molecule has 6 heavy (non-hydrogen) atoms. The predicted molar refractivity (Wildman–Crippen MR) is 27.5 cm³/mol. The van der Waals surface area contributed by atoms with E-state index >= 15 is 0 Å². The van der Waals surface area contributed by atoms with Gasteiger partial charge in [-0.15, -0.1) is 17.0 Å². The summed E-state index contributed by atoms with van der Waals surface area (Å²) in [5.74, 6) is 4.48. The van der Waals surface area contributed by atoms with E-state index in [0.29, 0.717) is 0 Å². The lowest BCUT2D eigenvalue weighted by Gasteiger charge is -1.83. The monoisotopic (exact) mass is 157 g/mol. The van der Waals surface area contributed by atoms with Gasteiger partial charge in [-0.1, -0.05) is 0 Å². The number of hydrogen-bond donors (Lipinski definition) is 2. The number of halogens is 1. The summed E-state index contributed by atoms with van der Waals surface area (Å²) in [6.45, 7) is 0.219. The van der Waals surface area contributed by atoms with Crippen molar-refractivity contribution in [3.05, 3.63) is 0 Å². The first-order valence-electron chi connectivity index (χ1n) is 1.34. The molecule has 0 aromatic carbocycles. The van der Waals surface area contributed by atoms with Crippen LogP contribution >= 0.6 is 17.0 Å². The molecule has 40 valence electrons. The number of nitrogens with two attached hydrogens (primary N) is 1. The maximum atomic E-state index is 7.86. The Morgan fingerprint density at radius 2 is 2.17 bits per heavy atom. The van der Waals surface area contributed by atoms with Crippen molar-refractivity contribution in [2.24, 2.45) is 5.90 Å². The third-order valence-electron chi connectivity index (χ3n) is 0.209. The molecule has 3 nitrogen and oxygen atoms in total. The van der Waals surface area contributed by atoms with E-state index in [1.807, 2.05) is 0 Å². The molecule has 0 spiro atoms. The Hall–Kier alpha value is 0.360. The maximum absolute atomic E-state index is 7.86. The number of aliphatic hydroxyl groups is 1. The molecule has 0 radical (unpaired) electrons. The van der Waals surface area contributed by atoms with Crippen LogP contribution in [0.5, 0.6) is 0 Å². The van der Waals surface area contributed by atoms with Crippen LogP contribution in [0.1, 0.15) is 0 Å². The van der Waals surface area contributed by atoms with Gasteiger partial charge in [-0.05, 0) is 0 Å². The highest BCUT2D eigenvalue weighted by Gasteiger charge is 1.68. The van der Waals surface area contributed by atoms with E-state index in [1.165, 1.54) is 0 Å². The second-order valence-corrected chi connectivity index (χ2v) is 0.594. The van der Waals surface area contributed by atoms with Crippen LogP contribution in [0.25, 0.3) is 0 Å². The van der Waals surface area contributed by atoms with Crippen molar-refractivity contribution in [2.75, 3.05) is 13.2 Å². The molecular formula is C2H8BrNO2. The summed E-state index contributed by atoms with van der Waals surface area (Å²) >= 11 is 0. The van der Waals surface area contributed by atoms with Gasteiger partial charge in [0.1, 0.15) is 0 Å². The van der Waals surface area contributed by atoms with E-state index in [9.17, 15) is 0 Å². The van der Waals surface area contributed by atoms with Crippen molar-refractivity contribution >= 4 is 17.0 Å². The molecule has 0 saturated carbocycles. The first-order chi connectivity index (χ1) is 2.41. The minimum Gasteiger partial charge on any atom is -0.394 e. The fourth-order valence-electron chi connectivity index (χ4n) is 0.0527. The normalized spacial score (nSPS) is 7.00. The van der Waals surface area contributed by atoms with Crippen LogP contribution in [0, 0.1) is 0 Å². The quantitative estimate of drug-likeness (QED) is 0.530. The summed E-state index contributed by atoms with van der Waals surface area (Å²) in [4.78, 5) is 3.94. The summed E-state index contributed by atoms with van der Waals surface area (Å²) in [6, 6.07) is 0. The highest BCUT2D eigenvalue weighted by molar-refractivity contribution is 8.93. The molecule has 0 bridgehead atoms. The Labute approximate surface area is 46.8 Å². The Bertz CT molecular complexity index is 19.0. The highest BCUT2D eigenvalue weighted by atomic mass is 79.9. The molecule has 0 fully saturated rings. The van der Waals surface area contributed by atoms with Crippen molar-refractivity contribution < 1.29 is 9.94 Å². The summed E-state index contributed by atoms with van der Waals surface area (Å²) in [7, 11) is 0. The maximum Gasteiger partial charge on any atom is 0.0910 e. The second-order valence-electron chi connectivity index (χ2n) is 0.594. The van der Waals surface area contributed by atoms with Gasteiger partial charge in [-0.2, -0.15) is 0 Å². The van der Waals surface area contributed by atoms with Crippen molar-refractivity contribution in [3.8, 4) is 0 Å². The van der Waals surface area contributed by atoms with Gasteiger partial charge in [0.15, 0.2) is 0 Å². The third kappa shape index (κ3) is 8.84. The highest BCUT2D eigenvalue weighted by Crippen LogP contribution is 1.51. The Morgan fingerprint density at radius 1 is 1.67 bits per heavy atom. The summed E-state index contributed by atoms with van der Waals surface area (Å²) in [5, 5.41) is 7.86. The minimum absolute atomic E-state index is 0. The number of hydrogen-bond acceptors (Lipinski definition) is 3. The van der Waals surface area contributed by atoms with Crippen LogP contribution < -0.4 is 5.90 Å². The van der Waals surface area contributed by atoms with Gasteiger partial charge in [-0.3, -0.25) is 0 Å². The first kappa shape index (κ1) is 9.61. The Kier molecular flexibility index (Phi) is 14.5. The lowest BCUT2D eigenvalue weighted by Crippen LogP contribution is -2.03. The molecular weight excluding hydrogens is 150 g/mol. The van der Waals surface area contributed by atoms with Crippen LogP contribution in [0.15, 0.2) is 0 Å². The molecule has 0 unspecified atom stereocenters. The zero-order chi connectivity index (χ0) is 4.12. The molecule has 0 aromatic heterocycles. The zero-order valence-electron chi connectivity index (χ0n) is 3.26. The molecule has 0 aliphatic carbocycles. The van der Waals surface area contributed by atoms with E-state index in [-0.39, 0.29) is 30.2 Å². The molecule has 4 heteroatoms. The van der Waals surface area contributed by atoms with Crippen molar-refractivity contribution in [3.63, 3.8) is 0 Å². The lowest BCUT2D eigenvalue weighted by atomic mass is 10.8. The van der Waals surface area contributed by atoms with Gasteiger partial charge in [0.25, 0.3) is 0 Å². The summed E-state index contributed by atoms with van der Waals surface area (Å²) in [6.07, 6.45) is 0. The molecule has 0 rings (SSSR count). The van der Waals surface area contributed by atoms with Gasteiger partial charge in [0.2, 0.25) is 0 Å². The smallest absolute Gasteiger partial charge is 0.0910 e. The zero-order valence-corrected chi connectivity index (χ0v) is 4.97. The number of aliphatic hydroxyl groups excluding tert-OH is 1. The molecule has 0 amide bonds. The van der Waals surface area contributed by atoms with Crippen LogP contribution in [-0.4, -0.2) is 18.3 Å². The van der Waals surface area contributed by atoms with E-state index < -0.39 is 0 Å². The van der Waals surface area contributed by atoms with Crippen LogP contribution in [0.4, 0.5) is 0 Å². The molecule has 0 aliphatic heterocycles. The molecule has 0 aromatic rings. The Morgan fingerprint density at radius 3 is 2.17 bits per heavy atom. The third-order valence-corrected chi connectivity index (χ3v) is 0.209. The van der Waals surface area contributed by atoms with E-state index in [0.717, 1.165) is 0 Å². The fourth-order valence-corrected chi connectivity index (χ4v) is 0.0527. The fraction of sp³-hybridized carbons (Fsp3) is 1.00. The molecule has 0 saturated heterocycles. The SMILES string of the molecule is Br.NOCCO. The van der Waals surface area contributed by atoms with Gasteiger partial charge in [-0.25, -0.2) is 5.90 Å². The molecule has 0 atom stereocenters. The largest absolute Gasteiger partial charge is 0.394 e. The van der Waals surface area contributed by atoms with Crippen LogP contribution in [-0.2, 0) is 4.84 Å². The standard InChI is InChI=1S/C2H7NO2.BrH/c3-5-2-1-4;/h4H,1-3H2;1H. The van der Waals surface area contributed by atoms with Crippen molar-refractivity contribution in [1.29, 1.82) is 0 Å². The van der Waals surface area contributed by atoms with Crippen LogP contribution in [0.3, 0.4) is 0 Å². The van der Waals surface area contributed by atoms with E-state index in [1.54, 1.807) is 0 Å².